The molecular weight excluding hydrogens is 515 g/mol. The van der Waals surface area contributed by atoms with Crippen LogP contribution in [-0.2, 0) is 13.0 Å². The number of guanidine groups is 1. The molecule has 3 rings (SSSR count). The number of hydrogen-bond acceptors (Lipinski definition) is 5. The van der Waals surface area contributed by atoms with Crippen molar-refractivity contribution in [3.05, 3.63) is 40.1 Å². The predicted octanol–water partition coefficient (Wildman–Crippen LogP) is 4.24. The Hall–Kier alpha value is -1.82. The maximum Gasteiger partial charge on any atom is 0.387 e. The Morgan fingerprint density at radius 3 is 2.69 bits per heavy atom. The lowest BCUT2D eigenvalue weighted by Crippen LogP contribution is -2.39. The summed E-state index contributed by atoms with van der Waals surface area (Å²) in [4.78, 5) is 5.53. The Bertz CT molecular complexity index is 806. The summed E-state index contributed by atoms with van der Waals surface area (Å²) in [5.41, 5.74) is 0.527. The lowest BCUT2D eigenvalue weighted by Gasteiger charge is -2.17. The highest BCUT2D eigenvalue weighted by molar-refractivity contribution is 14.0. The minimum Gasteiger partial charge on any atom is -0.454 e. The highest BCUT2D eigenvalue weighted by atomic mass is 127. The van der Waals surface area contributed by atoms with Crippen molar-refractivity contribution in [3.63, 3.8) is 0 Å². The van der Waals surface area contributed by atoms with Crippen molar-refractivity contribution in [3.8, 4) is 17.2 Å². The number of ether oxygens (including phenoxy) is 3. The lowest BCUT2D eigenvalue weighted by atomic mass is 10.1. The molecule has 6 nitrogen and oxygen atoms in total. The second-order valence-electron chi connectivity index (χ2n) is 6.39. The second kappa shape index (κ2) is 11.4. The van der Waals surface area contributed by atoms with Crippen molar-refractivity contribution in [2.75, 3.05) is 20.4 Å². The Morgan fingerprint density at radius 1 is 1.28 bits per heavy atom. The van der Waals surface area contributed by atoms with E-state index in [0.29, 0.717) is 28.9 Å². The molecule has 1 unspecified atom stereocenters. The fraction of sp³-hybridized carbons (Fsp3) is 0.421. The second-order valence-corrected chi connectivity index (χ2v) is 7.42. The molecule has 160 valence electrons. The highest BCUT2D eigenvalue weighted by Crippen LogP contribution is 2.38. The number of aliphatic imine (C=N–C) groups is 1. The Balaban J connectivity index is 0.00000300. The number of fused-ring (bicyclic) bond motifs is 1. The van der Waals surface area contributed by atoms with Crippen molar-refractivity contribution in [1.29, 1.82) is 0 Å². The van der Waals surface area contributed by atoms with Crippen LogP contribution >= 0.6 is 35.3 Å². The molecule has 2 heterocycles. The Kier molecular flexibility index (Phi) is 9.21. The normalized spacial score (nSPS) is 13.8. The van der Waals surface area contributed by atoms with Gasteiger partial charge in [0.2, 0.25) is 6.79 Å². The molecule has 0 saturated heterocycles. The molecule has 0 amide bonds. The summed E-state index contributed by atoms with van der Waals surface area (Å²) >= 11 is 1.74. The van der Waals surface area contributed by atoms with Gasteiger partial charge in [-0.2, -0.15) is 8.78 Å². The van der Waals surface area contributed by atoms with E-state index >= 15 is 0 Å². The first-order valence-electron chi connectivity index (χ1n) is 8.89. The van der Waals surface area contributed by atoms with E-state index in [2.05, 4.69) is 38.7 Å². The smallest absolute Gasteiger partial charge is 0.387 e. The zero-order valence-corrected chi connectivity index (χ0v) is 19.3. The fourth-order valence-corrected chi connectivity index (χ4v) is 3.69. The minimum absolute atomic E-state index is 0. The summed E-state index contributed by atoms with van der Waals surface area (Å²) in [5.74, 6) is 1.95. The van der Waals surface area contributed by atoms with E-state index in [9.17, 15) is 8.78 Å². The number of alkyl halides is 2. The van der Waals surface area contributed by atoms with Gasteiger partial charge in [0.15, 0.2) is 17.5 Å². The number of nitrogens with one attached hydrogen (secondary N) is 2. The number of thiophene rings is 1. The fourth-order valence-electron chi connectivity index (χ4n) is 2.82. The van der Waals surface area contributed by atoms with Crippen LogP contribution < -0.4 is 24.8 Å². The summed E-state index contributed by atoms with van der Waals surface area (Å²) in [5, 5.41) is 8.46. The third kappa shape index (κ3) is 6.88. The molecule has 0 fully saturated rings. The third-order valence-electron chi connectivity index (χ3n) is 4.19. The number of hydrogen-bond donors (Lipinski definition) is 2. The van der Waals surface area contributed by atoms with Gasteiger partial charge in [0, 0.05) is 36.6 Å². The molecule has 2 aromatic rings. The van der Waals surface area contributed by atoms with Gasteiger partial charge in [-0.15, -0.1) is 35.3 Å². The van der Waals surface area contributed by atoms with E-state index in [4.69, 9.17) is 9.47 Å². The Labute approximate surface area is 189 Å². The molecule has 0 saturated carbocycles. The predicted molar refractivity (Wildman–Crippen MR) is 120 cm³/mol. The van der Waals surface area contributed by atoms with E-state index in [-0.39, 0.29) is 43.1 Å². The maximum atomic E-state index is 12.7. The van der Waals surface area contributed by atoms with Crippen molar-refractivity contribution in [1.82, 2.24) is 10.6 Å². The van der Waals surface area contributed by atoms with Crippen molar-refractivity contribution in [2.24, 2.45) is 10.9 Å². The summed E-state index contributed by atoms with van der Waals surface area (Å²) in [6, 6.07) is 7.23. The van der Waals surface area contributed by atoms with E-state index in [1.165, 1.54) is 10.9 Å². The van der Waals surface area contributed by atoms with E-state index < -0.39 is 6.61 Å². The van der Waals surface area contributed by atoms with Crippen LogP contribution in [0.5, 0.6) is 17.2 Å². The topological polar surface area (TPSA) is 64.1 Å². The van der Waals surface area contributed by atoms with Gasteiger partial charge in [-0.1, -0.05) is 13.0 Å². The van der Waals surface area contributed by atoms with E-state index in [1.807, 2.05) is 6.07 Å². The van der Waals surface area contributed by atoms with Crippen LogP contribution in [0.2, 0.25) is 0 Å². The maximum absolute atomic E-state index is 12.7. The molecule has 0 bridgehead atoms. The molecule has 1 aromatic heterocycles. The average Bonchev–Trinajstić information content (AvgIpc) is 3.32. The van der Waals surface area contributed by atoms with Crippen molar-refractivity contribution < 1.29 is 23.0 Å². The summed E-state index contributed by atoms with van der Waals surface area (Å²) < 4.78 is 40.6. The lowest BCUT2D eigenvalue weighted by molar-refractivity contribution is -0.0505. The van der Waals surface area contributed by atoms with Crippen LogP contribution in [0.15, 0.2) is 34.6 Å². The SMILES string of the molecule is CN=C(NCc1cc2c(cc1OC(F)F)OCO2)NCC(C)Cc1cccs1.I. The third-order valence-corrected chi connectivity index (χ3v) is 5.09. The molecule has 29 heavy (non-hydrogen) atoms. The van der Waals surface area contributed by atoms with Crippen LogP contribution in [0.1, 0.15) is 17.4 Å². The van der Waals surface area contributed by atoms with Gasteiger partial charge in [-0.05, 0) is 29.9 Å². The van der Waals surface area contributed by atoms with Gasteiger partial charge >= 0.3 is 6.61 Å². The first-order chi connectivity index (χ1) is 13.5. The van der Waals surface area contributed by atoms with Crippen molar-refractivity contribution >= 4 is 41.3 Å². The zero-order valence-electron chi connectivity index (χ0n) is 16.1. The zero-order chi connectivity index (χ0) is 19.9. The summed E-state index contributed by atoms with van der Waals surface area (Å²) in [7, 11) is 1.66. The number of nitrogens with zero attached hydrogens (tertiary/aromatic N) is 1. The van der Waals surface area contributed by atoms with E-state index in [1.54, 1.807) is 24.5 Å². The molecule has 1 aliphatic rings. The van der Waals surface area contributed by atoms with Gasteiger partial charge in [0.25, 0.3) is 0 Å². The number of halogens is 3. The molecule has 0 aliphatic carbocycles. The quantitative estimate of drug-likeness (QED) is 0.299. The average molecular weight is 539 g/mol. The molecule has 1 aromatic carbocycles. The summed E-state index contributed by atoms with van der Waals surface area (Å²) in [6.07, 6.45) is 0.982. The van der Waals surface area contributed by atoms with Crippen LogP contribution in [0, 0.1) is 5.92 Å². The summed E-state index contributed by atoms with van der Waals surface area (Å²) in [6.45, 7) is 0.282. The van der Waals surface area contributed by atoms with Gasteiger partial charge in [0.1, 0.15) is 5.75 Å². The van der Waals surface area contributed by atoms with Gasteiger partial charge in [-0.25, -0.2) is 0 Å². The first kappa shape index (κ1) is 23.5. The molecule has 0 spiro atoms. The van der Waals surface area contributed by atoms with Crippen LogP contribution in [0.25, 0.3) is 0 Å². The van der Waals surface area contributed by atoms with Crippen LogP contribution in [0.3, 0.4) is 0 Å². The molecule has 0 radical (unpaired) electrons. The van der Waals surface area contributed by atoms with Crippen LogP contribution in [0.4, 0.5) is 8.78 Å². The first-order valence-corrected chi connectivity index (χ1v) is 9.77. The Morgan fingerprint density at radius 2 is 2.03 bits per heavy atom. The van der Waals surface area contributed by atoms with Gasteiger partial charge in [0.05, 0.1) is 0 Å². The van der Waals surface area contributed by atoms with E-state index in [0.717, 1.165) is 13.0 Å². The molecule has 10 heteroatoms. The standard InChI is InChI=1S/C19H23F2N3O3S.HI/c1-12(6-14-4-3-5-28-14)9-23-19(22-2)24-10-13-7-16-17(26-11-25-16)8-15(13)27-18(20)21;/h3-5,7-8,12,18H,6,9-11H2,1-2H3,(H2,22,23,24);1H. The molecular formula is C19H24F2IN3O3S. The van der Waals surface area contributed by atoms with Crippen molar-refractivity contribution in [2.45, 2.75) is 26.5 Å². The number of benzene rings is 1. The number of rotatable bonds is 8. The van der Waals surface area contributed by atoms with Gasteiger partial charge < -0.3 is 24.8 Å². The molecule has 1 atom stereocenters. The monoisotopic (exact) mass is 539 g/mol. The van der Waals surface area contributed by atoms with Crippen LogP contribution in [-0.4, -0.2) is 33.0 Å². The van der Waals surface area contributed by atoms with Gasteiger partial charge in [-0.3, -0.25) is 4.99 Å². The minimum atomic E-state index is -2.92. The molecule has 2 N–H and O–H groups in total. The highest BCUT2D eigenvalue weighted by Gasteiger charge is 2.20. The molecule has 1 aliphatic heterocycles. The largest absolute Gasteiger partial charge is 0.454 e.